The Morgan fingerprint density at radius 1 is 1.71 bits per heavy atom. The third kappa shape index (κ3) is 1.01. The molecule has 0 aromatic heterocycles. The van der Waals surface area contributed by atoms with Crippen LogP contribution in [-0.2, 0) is 0 Å². The highest BCUT2D eigenvalue weighted by molar-refractivity contribution is 4.86. The van der Waals surface area contributed by atoms with E-state index in [0.717, 1.165) is 13.1 Å². The van der Waals surface area contributed by atoms with E-state index in [-0.39, 0.29) is 6.23 Å². The summed E-state index contributed by atoms with van der Waals surface area (Å²) in [6.45, 7) is 5.47. The zero-order valence-electron chi connectivity index (χ0n) is 4.17. The van der Waals surface area contributed by atoms with Gasteiger partial charge in [-0.2, -0.15) is 0 Å². The van der Waals surface area contributed by atoms with E-state index in [0.29, 0.717) is 0 Å². The Hall–Kier alpha value is -0.340. The number of hydrogen-bond donors (Lipinski definition) is 1. The van der Waals surface area contributed by atoms with Crippen LogP contribution in [0.1, 0.15) is 0 Å². The first-order valence-corrected chi connectivity index (χ1v) is 2.39. The lowest BCUT2D eigenvalue weighted by atomic mass is 10.6. The van der Waals surface area contributed by atoms with Gasteiger partial charge >= 0.3 is 0 Å². The lowest BCUT2D eigenvalue weighted by molar-refractivity contribution is 0.127. The van der Waals surface area contributed by atoms with Crippen LogP contribution in [0.5, 0.6) is 0 Å². The number of aliphatic hydroxyl groups is 1. The summed E-state index contributed by atoms with van der Waals surface area (Å²) >= 11 is 0. The molecule has 7 heavy (non-hydrogen) atoms. The summed E-state index contributed by atoms with van der Waals surface area (Å²) in [5, 5.41) is 8.81. The molecule has 1 aliphatic heterocycles. The quantitative estimate of drug-likeness (QED) is 0.383. The van der Waals surface area contributed by atoms with E-state index in [1.54, 1.807) is 0 Å². The lowest BCUT2D eigenvalue weighted by Crippen LogP contribution is -2.12. The van der Waals surface area contributed by atoms with Crippen molar-refractivity contribution < 1.29 is 5.11 Å². The highest BCUT2D eigenvalue weighted by Gasteiger charge is 2.22. The average molecular weight is 99.1 g/mol. The lowest BCUT2D eigenvalue weighted by Gasteiger charge is -2.01. The minimum Gasteiger partial charge on any atom is -0.375 e. The SMILES string of the molecule is C=CC(O)N1CC1. The first-order chi connectivity index (χ1) is 3.34. The van der Waals surface area contributed by atoms with Crippen molar-refractivity contribution in [2.24, 2.45) is 0 Å². The number of nitrogens with zero attached hydrogens (tertiary/aromatic N) is 1. The van der Waals surface area contributed by atoms with Crippen molar-refractivity contribution in [3.8, 4) is 0 Å². The summed E-state index contributed by atoms with van der Waals surface area (Å²) in [7, 11) is 0. The molecule has 0 aliphatic carbocycles. The number of hydrogen-bond acceptors (Lipinski definition) is 2. The topological polar surface area (TPSA) is 23.2 Å². The Morgan fingerprint density at radius 3 is 2.43 bits per heavy atom. The fraction of sp³-hybridized carbons (Fsp3) is 0.600. The van der Waals surface area contributed by atoms with Gasteiger partial charge in [-0.25, -0.2) is 0 Å². The van der Waals surface area contributed by atoms with Crippen molar-refractivity contribution in [1.29, 1.82) is 0 Å². The van der Waals surface area contributed by atoms with Crippen LogP contribution in [0.4, 0.5) is 0 Å². The summed E-state index contributed by atoms with van der Waals surface area (Å²) in [6.07, 6.45) is 1.15. The molecule has 1 fully saturated rings. The molecule has 1 unspecified atom stereocenters. The summed E-state index contributed by atoms with van der Waals surface area (Å²) in [5.74, 6) is 0. The van der Waals surface area contributed by atoms with Crippen molar-refractivity contribution in [3.05, 3.63) is 12.7 Å². The molecule has 0 aromatic carbocycles. The molecule has 1 heterocycles. The third-order valence-corrected chi connectivity index (χ3v) is 1.07. The zero-order valence-corrected chi connectivity index (χ0v) is 4.17. The summed E-state index contributed by atoms with van der Waals surface area (Å²) in [5.41, 5.74) is 0. The first-order valence-electron chi connectivity index (χ1n) is 2.39. The van der Waals surface area contributed by atoms with Crippen LogP contribution < -0.4 is 0 Å². The van der Waals surface area contributed by atoms with Crippen molar-refractivity contribution in [1.82, 2.24) is 4.90 Å². The molecule has 1 saturated heterocycles. The molecular formula is C5H9NO. The van der Waals surface area contributed by atoms with Gasteiger partial charge in [0.2, 0.25) is 0 Å². The van der Waals surface area contributed by atoms with Crippen LogP contribution in [0, 0.1) is 0 Å². The second-order valence-corrected chi connectivity index (χ2v) is 1.69. The van der Waals surface area contributed by atoms with Crippen LogP contribution in [-0.4, -0.2) is 29.3 Å². The normalized spacial score (nSPS) is 24.1. The predicted octanol–water partition coefficient (Wildman–Crippen LogP) is -0.194. The van der Waals surface area contributed by atoms with E-state index >= 15 is 0 Å². The Bertz CT molecular complexity index is 78.1. The van der Waals surface area contributed by atoms with E-state index in [4.69, 9.17) is 5.11 Å². The van der Waals surface area contributed by atoms with Gasteiger partial charge in [-0.3, -0.25) is 4.90 Å². The molecule has 0 bridgehead atoms. The van der Waals surface area contributed by atoms with Crippen LogP contribution in [0.15, 0.2) is 12.7 Å². The summed E-state index contributed by atoms with van der Waals surface area (Å²) < 4.78 is 0. The van der Waals surface area contributed by atoms with Gasteiger partial charge in [0.25, 0.3) is 0 Å². The van der Waals surface area contributed by atoms with Gasteiger partial charge in [0.05, 0.1) is 0 Å². The molecule has 1 N–H and O–H groups in total. The summed E-state index contributed by atoms with van der Waals surface area (Å²) in [6, 6.07) is 0. The maximum Gasteiger partial charge on any atom is 0.126 e. The molecular weight excluding hydrogens is 90.1 g/mol. The largest absolute Gasteiger partial charge is 0.375 e. The van der Waals surface area contributed by atoms with Gasteiger partial charge < -0.3 is 5.11 Å². The minimum absolute atomic E-state index is 0.389. The maximum absolute atomic E-state index is 8.81. The highest BCUT2D eigenvalue weighted by atomic mass is 16.3. The van der Waals surface area contributed by atoms with Crippen molar-refractivity contribution in [2.45, 2.75) is 6.23 Å². The van der Waals surface area contributed by atoms with Gasteiger partial charge in [0.15, 0.2) is 0 Å². The van der Waals surface area contributed by atoms with Crippen molar-refractivity contribution in [3.63, 3.8) is 0 Å². The fourth-order valence-corrected chi connectivity index (χ4v) is 0.471. The molecule has 1 atom stereocenters. The second kappa shape index (κ2) is 1.64. The van der Waals surface area contributed by atoms with Gasteiger partial charge in [0, 0.05) is 13.1 Å². The number of rotatable bonds is 2. The van der Waals surface area contributed by atoms with Gasteiger partial charge in [-0.15, -0.1) is 0 Å². The fourth-order valence-electron chi connectivity index (χ4n) is 0.471. The Balaban J connectivity index is 2.22. The second-order valence-electron chi connectivity index (χ2n) is 1.69. The molecule has 1 aliphatic rings. The van der Waals surface area contributed by atoms with Crippen molar-refractivity contribution >= 4 is 0 Å². The standard InChI is InChI=1S/C5H9NO/c1-2-5(7)6-3-4-6/h2,5,7H,1,3-4H2. The molecule has 0 aromatic rings. The maximum atomic E-state index is 8.81. The van der Waals surface area contributed by atoms with Crippen LogP contribution >= 0.6 is 0 Å². The molecule has 0 saturated carbocycles. The van der Waals surface area contributed by atoms with Crippen LogP contribution in [0.25, 0.3) is 0 Å². The molecule has 2 nitrogen and oxygen atoms in total. The van der Waals surface area contributed by atoms with Crippen LogP contribution in [0.3, 0.4) is 0 Å². The summed E-state index contributed by atoms with van der Waals surface area (Å²) in [4.78, 5) is 1.91. The molecule has 1 rings (SSSR count). The van der Waals surface area contributed by atoms with Gasteiger partial charge in [0.1, 0.15) is 6.23 Å². The molecule has 0 radical (unpaired) electrons. The van der Waals surface area contributed by atoms with Crippen LogP contribution in [0.2, 0.25) is 0 Å². The predicted molar refractivity (Wildman–Crippen MR) is 27.8 cm³/mol. The highest BCUT2D eigenvalue weighted by Crippen LogP contribution is 2.07. The Labute approximate surface area is 43.1 Å². The average Bonchev–Trinajstić information content (AvgIpc) is 2.44. The smallest absolute Gasteiger partial charge is 0.126 e. The van der Waals surface area contributed by atoms with E-state index in [1.807, 2.05) is 4.90 Å². The van der Waals surface area contributed by atoms with Gasteiger partial charge in [-0.05, 0) is 6.08 Å². The Morgan fingerprint density at radius 2 is 2.29 bits per heavy atom. The minimum atomic E-state index is -0.389. The van der Waals surface area contributed by atoms with Crippen molar-refractivity contribution in [2.75, 3.05) is 13.1 Å². The molecule has 40 valence electrons. The zero-order chi connectivity index (χ0) is 5.28. The molecule has 0 spiro atoms. The Kier molecular flexibility index (Phi) is 1.13. The monoisotopic (exact) mass is 99.1 g/mol. The van der Waals surface area contributed by atoms with E-state index in [1.165, 1.54) is 6.08 Å². The number of aliphatic hydroxyl groups excluding tert-OH is 1. The first kappa shape index (κ1) is 4.81. The molecule has 2 heteroatoms. The van der Waals surface area contributed by atoms with E-state index in [2.05, 4.69) is 6.58 Å². The van der Waals surface area contributed by atoms with E-state index in [9.17, 15) is 0 Å². The van der Waals surface area contributed by atoms with E-state index < -0.39 is 0 Å². The molecule has 0 amide bonds. The van der Waals surface area contributed by atoms with Gasteiger partial charge in [-0.1, -0.05) is 6.58 Å². The third-order valence-electron chi connectivity index (χ3n) is 1.07.